The summed E-state index contributed by atoms with van der Waals surface area (Å²) in [6, 6.07) is 5.00. The maximum atomic E-state index is 10.7. The second-order valence-corrected chi connectivity index (χ2v) is 5.60. The zero-order chi connectivity index (χ0) is 12.3. The van der Waals surface area contributed by atoms with Crippen molar-refractivity contribution in [2.75, 3.05) is 0 Å². The van der Waals surface area contributed by atoms with Gasteiger partial charge in [0.15, 0.2) is 0 Å². The van der Waals surface area contributed by atoms with Gasteiger partial charge in [0.25, 0.3) is 5.69 Å². The van der Waals surface area contributed by atoms with Gasteiger partial charge < -0.3 is 5.11 Å². The topological polar surface area (TPSA) is 63.4 Å². The maximum absolute atomic E-state index is 10.7. The first kappa shape index (κ1) is 12.4. The lowest BCUT2D eigenvalue weighted by molar-refractivity contribution is -0.385. The molecule has 0 atom stereocenters. The molecule has 0 heterocycles. The largest absolute Gasteiger partial charge is 0.391 e. The van der Waals surface area contributed by atoms with Gasteiger partial charge in [0.1, 0.15) is 0 Å². The molecule has 0 bridgehead atoms. The van der Waals surface area contributed by atoms with E-state index in [2.05, 4.69) is 0 Å². The number of aliphatic hydroxyl groups excluding tert-OH is 1. The Balaban J connectivity index is 2.15. The zero-order valence-corrected chi connectivity index (χ0v) is 10.3. The average Bonchev–Trinajstić information content (AvgIpc) is 2.81. The van der Waals surface area contributed by atoms with Crippen LogP contribution >= 0.6 is 11.8 Å². The van der Waals surface area contributed by atoms with Gasteiger partial charge in [-0.05, 0) is 25.0 Å². The van der Waals surface area contributed by atoms with Gasteiger partial charge in [-0.25, -0.2) is 0 Å². The molecule has 0 unspecified atom stereocenters. The van der Waals surface area contributed by atoms with E-state index in [4.69, 9.17) is 5.11 Å². The Morgan fingerprint density at radius 3 is 2.71 bits per heavy atom. The third-order valence-corrected chi connectivity index (χ3v) is 4.35. The van der Waals surface area contributed by atoms with E-state index in [0.717, 1.165) is 4.90 Å². The number of benzene rings is 1. The highest BCUT2D eigenvalue weighted by Crippen LogP contribution is 2.36. The monoisotopic (exact) mass is 253 g/mol. The molecule has 1 aromatic carbocycles. The van der Waals surface area contributed by atoms with Crippen LogP contribution < -0.4 is 0 Å². The molecule has 92 valence electrons. The first-order valence-electron chi connectivity index (χ1n) is 5.75. The third kappa shape index (κ3) is 2.98. The van der Waals surface area contributed by atoms with Gasteiger partial charge in [0, 0.05) is 16.2 Å². The fourth-order valence-corrected chi connectivity index (χ4v) is 3.45. The number of nitro benzene ring substituents is 1. The molecule has 17 heavy (non-hydrogen) atoms. The van der Waals surface area contributed by atoms with E-state index in [1.54, 1.807) is 23.9 Å². The van der Waals surface area contributed by atoms with Crippen molar-refractivity contribution in [2.24, 2.45) is 0 Å². The minimum atomic E-state index is -0.449. The fraction of sp³-hybridized carbons (Fsp3) is 0.500. The van der Waals surface area contributed by atoms with E-state index in [-0.39, 0.29) is 12.3 Å². The van der Waals surface area contributed by atoms with Gasteiger partial charge in [0.2, 0.25) is 0 Å². The fourth-order valence-electron chi connectivity index (χ4n) is 2.14. The van der Waals surface area contributed by atoms with E-state index < -0.39 is 4.92 Å². The van der Waals surface area contributed by atoms with Crippen molar-refractivity contribution in [2.45, 2.75) is 42.4 Å². The van der Waals surface area contributed by atoms with E-state index in [9.17, 15) is 10.1 Å². The molecule has 4 nitrogen and oxygen atoms in total. The second kappa shape index (κ2) is 5.51. The molecule has 1 aliphatic rings. The Bertz CT molecular complexity index is 416. The summed E-state index contributed by atoms with van der Waals surface area (Å²) in [5, 5.41) is 20.5. The highest BCUT2D eigenvalue weighted by Gasteiger charge is 2.18. The molecule has 0 saturated heterocycles. The Morgan fingerprint density at radius 1 is 1.41 bits per heavy atom. The summed E-state index contributed by atoms with van der Waals surface area (Å²) < 4.78 is 0. The number of nitrogens with zero attached hydrogens (tertiary/aromatic N) is 1. The van der Waals surface area contributed by atoms with Gasteiger partial charge >= 0.3 is 0 Å². The summed E-state index contributed by atoms with van der Waals surface area (Å²) >= 11 is 1.77. The molecule has 0 spiro atoms. The molecule has 0 radical (unpaired) electrons. The number of hydrogen-bond acceptors (Lipinski definition) is 4. The number of hydrogen-bond donors (Lipinski definition) is 1. The summed E-state index contributed by atoms with van der Waals surface area (Å²) in [4.78, 5) is 11.3. The van der Waals surface area contributed by atoms with Crippen LogP contribution in [0.5, 0.6) is 0 Å². The predicted octanol–water partition coefficient (Wildman–Crippen LogP) is 3.12. The zero-order valence-electron chi connectivity index (χ0n) is 9.46. The van der Waals surface area contributed by atoms with Crippen LogP contribution in [-0.2, 0) is 6.61 Å². The Kier molecular flexibility index (Phi) is 4.02. The highest BCUT2D eigenvalue weighted by atomic mass is 32.2. The Morgan fingerprint density at radius 2 is 2.12 bits per heavy atom. The molecule has 5 heteroatoms. The Labute approximate surface area is 104 Å². The first-order chi connectivity index (χ1) is 8.20. The third-order valence-electron chi connectivity index (χ3n) is 3.02. The van der Waals surface area contributed by atoms with Gasteiger partial charge in [-0.1, -0.05) is 12.8 Å². The van der Waals surface area contributed by atoms with Crippen molar-refractivity contribution in [3.05, 3.63) is 33.9 Å². The van der Waals surface area contributed by atoms with Crippen molar-refractivity contribution in [3.63, 3.8) is 0 Å². The second-order valence-electron chi connectivity index (χ2n) is 4.23. The molecule has 1 fully saturated rings. The number of rotatable bonds is 4. The lowest BCUT2D eigenvalue weighted by Crippen LogP contribution is -1.97. The van der Waals surface area contributed by atoms with Crippen molar-refractivity contribution in [1.82, 2.24) is 0 Å². The summed E-state index contributed by atoms with van der Waals surface area (Å²) in [7, 11) is 0. The molecule has 0 aliphatic heterocycles. The van der Waals surface area contributed by atoms with Crippen molar-refractivity contribution in [3.8, 4) is 0 Å². The van der Waals surface area contributed by atoms with Crippen LogP contribution in [0.3, 0.4) is 0 Å². The van der Waals surface area contributed by atoms with Crippen LogP contribution in [0.2, 0.25) is 0 Å². The van der Waals surface area contributed by atoms with Crippen LogP contribution in [0.1, 0.15) is 31.2 Å². The molecular formula is C12H15NO3S. The summed E-state index contributed by atoms with van der Waals surface area (Å²) in [6.45, 7) is -0.282. The lowest BCUT2D eigenvalue weighted by Gasteiger charge is -2.09. The molecule has 1 N–H and O–H groups in total. The minimum absolute atomic E-state index is 0.00303. The van der Waals surface area contributed by atoms with Crippen molar-refractivity contribution < 1.29 is 10.0 Å². The highest BCUT2D eigenvalue weighted by molar-refractivity contribution is 8.00. The van der Waals surface area contributed by atoms with Crippen LogP contribution in [-0.4, -0.2) is 15.3 Å². The van der Waals surface area contributed by atoms with Crippen LogP contribution in [0.4, 0.5) is 5.69 Å². The van der Waals surface area contributed by atoms with E-state index in [0.29, 0.717) is 10.8 Å². The number of nitro groups is 1. The van der Waals surface area contributed by atoms with Crippen LogP contribution in [0.15, 0.2) is 23.1 Å². The number of aliphatic hydroxyl groups is 1. The molecular weight excluding hydrogens is 238 g/mol. The van der Waals surface area contributed by atoms with Gasteiger partial charge in [-0.2, -0.15) is 0 Å². The maximum Gasteiger partial charge on any atom is 0.274 e. The van der Waals surface area contributed by atoms with E-state index in [1.807, 2.05) is 0 Å². The van der Waals surface area contributed by atoms with Crippen molar-refractivity contribution >= 4 is 17.4 Å². The van der Waals surface area contributed by atoms with E-state index in [1.165, 1.54) is 31.7 Å². The van der Waals surface area contributed by atoms with E-state index >= 15 is 0 Å². The summed E-state index contributed by atoms with van der Waals surface area (Å²) in [6.07, 6.45) is 4.99. The molecule has 0 aromatic heterocycles. The van der Waals surface area contributed by atoms with Gasteiger partial charge in [0.05, 0.1) is 17.1 Å². The molecule has 2 rings (SSSR count). The summed E-state index contributed by atoms with van der Waals surface area (Å²) in [5.74, 6) is 0. The molecule has 1 saturated carbocycles. The average molecular weight is 253 g/mol. The normalized spacial score (nSPS) is 16.3. The number of thioether (sulfide) groups is 1. The molecule has 1 aromatic rings. The lowest BCUT2D eigenvalue weighted by atomic mass is 10.2. The van der Waals surface area contributed by atoms with Crippen molar-refractivity contribution in [1.29, 1.82) is 0 Å². The van der Waals surface area contributed by atoms with Gasteiger partial charge in [-0.3, -0.25) is 10.1 Å². The Hall–Kier alpha value is -1.07. The summed E-state index contributed by atoms with van der Waals surface area (Å²) in [5.41, 5.74) is 0.404. The molecule has 1 aliphatic carbocycles. The first-order valence-corrected chi connectivity index (χ1v) is 6.63. The minimum Gasteiger partial charge on any atom is -0.391 e. The molecule has 0 amide bonds. The smallest absolute Gasteiger partial charge is 0.274 e. The van der Waals surface area contributed by atoms with Crippen LogP contribution in [0, 0.1) is 10.1 Å². The quantitative estimate of drug-likeness (QED) is 0.661. The standard InChI is InChI=1S/C12H15NO3S/c14-8-9-7-11(5-6-12(9)13(15)16)17-10-3-1-2-4-10/h5-7,10,14H,1-4,8H2. The van der Waals surface area contributed by atoms with Crippen LogP contribution in [0.25, 0.3) is 0 Å². The SMILES string of the molecule is O=[N+]([O-])c1ccc(SC2CCCC2)cc1CO. The predicted molar refractivity (Wildman–Crippen MR) is 67.1 cm³/mol. The van der Waals surface area contributed by atoms with Gasteiger partial charge in [-0.15, -0.1) is 11.8 Å².